The molecule has 2 rings (SSSR count). The Balaban J connectivity index is 1.93. The first kappa shape index (κ1) is 14.8. The summed E-state index contributed by atoms with van der Waals surface area (Å²) in [6, 6.07) is 7.25. The molecule has 1 aromatic carbocycles. The van der Waals surface area contributed by atoms with E-state index in [2.05, 4.69) is 0 Å². The van der Waals surface area contributed by atoms with Crippen molar-refractivity contribution >= 4 is 5.91 Å². The second-order valence-corrected chi connectivity index (χ2v) is 4.93. The van der Waals surface area contributed by atoms with E-state index in [9.17, 15) is 9.90 Å². The van der Waals surface area contributed by atoms with Crippen LogP contribution in [-0.2, 0) is 16.0 Å². The molecule has 5 nitrogen and oxygen atoms in total. The van der Waals surface area contributed by atoms with Crippen LogP contribution in [0.1, 0.15) is 12.5 Å². The molecular formula is C15H21NO4. The maximum Gasteiger partial charge on any atom is 0.227 e. The summed E-state index contributed by atoms with van der Waals surface area (Å²) in [5.74, 6) is 0.778. The Bertz CT molecular complexity index is 446. The second-order valence-electron chi connectivity index (χ2n) is 4.93. The summed E-state index contributed by atoms with van der Waals surface area (Å²) in [4.78, 5) is 13.8. The molecule has 2 atom stereocenters. The Morgan fingerprint density at radius 2 is 2.10 bits per heavy atom. The lowest BCUT2D eigenvalue weighted by Crippen LogP contribution is -2.44. The van der Waals surface area contributed by atoms with Gasteiger partial charge in [-0.2, -0.15) is 0 Å². The molecule has 1 aliphatic rings. The Labute approximate surface area is 119 Å². The smallest absolute Gasteiger partial charge is 0.227 e. The van der Waals surface area contributed by atoms with Crippen LogP contribution in [0.3, 0.4) is 0 Å². The molecular weight excluding hydrogens is 258 g/mol. The standard InChI is InChI=1S/C15H21NO4/c1-3-20-12-6-4-11(5-7-12)8-15(18)16(2)13-9-19-10-14(13)17/h4-7,13-14,17H,3,8-10H2,1-2H3/t13-,14-/m1/s1. The lowest BCUT2D eigenvalue weighted by atomic mass is 10.1. The minimum absolute atomic E-state index is 0.0243. The molecule has 0 bridgehead atoms. The van der Waals surface area contributed by atoms with Gasteiger partial charge in [0.1, 0.15) is 5.75 Å². The minimum atomic E-state index is -0.593. The van der Waals surface area contributed by atoms with Crippen LogP contribution in [-0.4, -0.2) is 54.9 Å². The molecule has 20 heavy (non-hydrogen) atoms. The number of aliphatic hydroxyl groups excluding tert-OH is 1. The van der Waals surface area contributed by atoms with Crippen LogP contribution in [0.2, 0.25) is 0 Å². The van der Waals surface area contributed by atoms with Crippen molar-refractivity contribution in [3.8, 4) is 5.75 Å². The maximum atomic E-state index is 12.2. The van der Waals surface area contributed by atoms with Crippen molar-refractivity contribution in [3.05, 3.63) is 29.8 Å². The highest BCUT2D eigenvalue weighted by Gasteiger charge is 2.32. The monoisotopic (exact) mass is 279 g/mol. The number of aliphatic hydroxyl groups is 1. The van der Waals surface area contributed by atoms with Crippen LogP contribution >= 0.6 is 0 Å². The van der Waals surface area contributed by atoms with Crippen LogP contribution in [0.4, 0.5) is 0 Å². The van der Waals surface area contributed by atoms with E-state index in [0.29, 0.717) is 26.2 Å². The first-order valence-corrected chi connectivity index (χ1v) is 6.85. The summed E-state index contributed by atoms with van der Waals surface area (Å²) >= 11 is 0. The van der Waals surface area contributed by atoms with Gasteiger partial charge in [-0.1, -0.05) is 12.1 Å². The van der Waals surface area contributed by atoms with Crippen molar-refractivity contribution in [1.82, 2.24) is 4.90 Å². The van der Waals surface area contributed by atoms with Gasteiger partial charge in [0.15, 0.2) is 0 Å². The molecule has 0 radical (unpaired) electrons. The van der Waals surface area contributed by atoms with E-state index in [4.69, 9.17) is 9.47 Å². The van der Waals surface area contributed by atoms with Crippen LogP contribution in [0.15, 0.2) is 24.3 Å². The molecule has 110 valence electrons. The van der Waals surface area contributed by atoms with E-state index in [1.807, 2.05) is 31.2 Å². The zero-order chi connectivity index (χ0) is 14.5. The quantitative estimate of drug-likeness (QED) is 0.868. The summed E-state index contributed by atoms with van der Waals surface area (Å²) in [5, 5.41) is 9.73. The molecule has 1 aliphatic heterocycles. The second kappa shape index (κ2) is 6.72. The molecule has 0 unspecified atom stereocenters. The molecule has 1 amide bonds. The molecule has 1 aromatic rings. The Kier molecular flexibility index (Phi) is 4.98. The molecule has 0 aliphatic carbocycles. The maximum absolute atomic E-state index is 12.2. The largest absolute Gasteiger partial charge is 0.494 e. The first-order chi connectivity index (χ1) is 9.61. The van der Waals surface area contributed by atoms with Gasteiger partial charge in [0.25, 0.3) is 0 Å². The van der Waals surface area contributed by atoms with Gasteiger partial charge in [-0.25, -0.2) is 0 Å². The zero-order valence-corrected chi connectivity index (χ0v) is 11.9. The lowest BCUT2D eigenvalue weighted by Gasteiger charge is -2.25. The van der Waals surface area contributed by atoms with Gasteiger partial charge < -0.3 is 19.5 Å². The number of benzene rings is 1. The average molecular weight is 279 g/mol. The van der Waals surface area contributed by atoms with Crippen molar-refractivity contribution in [1.29, 1.82) is 0 Å². The van der Waals surface area contributed by atoms with Crippen molar-refractivity contribution < 1.29 is 19.4 Å². The third-order valence-electron chi connectivity index (χ3n) is 3.50. The predicted octanol–water partition coefficient (Wildman–Crippen LogP) is 0.846. The van der Waals surface area contributed by atoms with Crippen molar-refractivity contribution in [3.63, 3.8) is 0 Å². The highest BCUT2D eigenvalue weighted by Crippen LogP contribution is 2.16. The van der Waals surface area contributed by atoms with E-state index in [0.717, 1.165) is 11.3 Å². The number of rotatable bonds is 5. The Morgan fingerprint density at radius 1 is 1.40 bits per heavy atom. The molecule has 5 heteroatoms. The number of likely N-dealkylation sites (N-methyl/N-ethyl adjacent to an activating group) is 1. The Hall–Kier alpha value is -1.59. The third-order valence-corrected chi connectivity index (χ3v) is 3.50. The Morgan fingerprint density at radius 3 is 2.65 bits per heavy atom. The highest BCUT2D eigenvalue weighted by atomic mass is 16.5. The number of carbonyl (C=O) groups excluding carboxylic acids is 1. The van der Waals surface area contributed by atoms with Crippen molar-refractivity contribution in [2.75, 3.05) is 26.9 Å². The van der Waals surface area contributed by atoms with Gasteiger partial charge in [0, 0.05) is 7.05 Å². The molecule has 0 saturated carbocycles. The fraction of sp³-hybridized carbons (Fsp3) is 0.533. The van der Waals surface area contributed by atoms with E-state index in [1.165, 1.54) is 0 Å². The van der Waals surface area contributed by atoms with Gasteiger partial charge in [-0.3, -0.25) is 4.79 Å². The molecule has 1 N–H and O–H groups in total. The normalized spacial score (nSPS) is 21.8. The van der Waals surface area contributed by atoms with Gasteiger partial charge in [0.2, 0.25) is 5.91 Å². The molecule has 1 heterocycles. The zero-order valence-electron chi connectivity index (χ0n) is 11.9. The molecule has 1 fully saturated rings. The average Bonchev–Trinajstić information content (AvgIpc) is 2.86. The SMILES string of the molecule is CCOc1ccc(CC(=O)N(C)[C@@H]2COC[C@H]2O)cc1. The third kappa shape index (κ3) is 3.49. The van der Waals surface area contributed by atoms with E-state index in [1.54, 1.807) is 11.9 Å². The number of amides is 1. The van der Waals surface area contributed by atoms with Crippen LogP contribution < -0.4 is 4.74 Å². The predicted molar refractivity (Wildman–Crippen MR) is 74.7 cm³/mol. The van der Waals surface area contributed by atoms with Crippen LogP contribution in [0.5, 0.6) is 5.75 Å². The number of carbonyl (C=O) groups is 1. The number of hydrogen-bond acceptors (Lipinski definition) is 4. The van der Waals surface area contributed by atoms with Crippen LogP contribution in [0.25, 0.3) is 0 Å². The van der Waals surface area contributed by atoms with Gasteiger partial charge >= 0.3 is 0 Å². The first-order valence-electron chi connectivity index (χ1n) is 6.85. The fourth-order valence-corrected chi connectivity index (χ4v) is 2.26. The summed E-state index contributed by atoms with van der Waals surface area (Å²) in [6.45, 7) is 3.25. The number of hydrogen-bond donors (Lipinski definition) is 1. The number of nitrogens with zero attached hydrogens (tertiary/aromatic N) is 1. The molecule has 1 saturated heterocycles. The minimum Gasteiger partial charge on any atom is -0.494 e. The number of ether oxygens (including phenoxy) is 2. The summed E-state index contributed by atoms with van der Waals surface area (Å²) in [6.07, 6.45) is -0.282. The summed E-state index contributed by atoms with van der Waals surface area (Å²) in [7, 11) is 1.71. The van der Waals surface area contributed by atoms with Gasteiger partial charge in [0.05, 0.1) is 38.4 Å². The summed E-state index contributed by atoms with van der Waals surface area (Å²) in [5.41, 5.74) is 0.929. The highest BCUT2D eigenvalue weighted by molar-refractivity contribution is 5.79. The van der Waals surface area contributed by atoms with Gasteiger partial charge in [-0.05, 0) is 24.6 Å². The van der Waals surface area contributed by atoms with Crippen molar-refractivity contribution in [2.45, 2.75) is 25.5 Å². The van der Waals surface area contributed by atoms with E-state index < -0.39 is 6.10 Å². The summed E-state index contributed by atoms with van der Waals surface area (Å²) < 4.78 is 10.5. The van der Waals surface area contributed by atoms with Crippen molar-refractivity contribution in [2.24, 2.45) is 0 Å². The van der Waals surface area contributed by atoms with E-state index in [-0.39, 0.29) is 11.9 Å². The molecule has 0 aromatic heterocycles. The van der Waals surface area contributed by atoms with Gasteiger partial charge in [-0.15, -0.1) is 0 Å². The molecule has 0 spiro atoms. The lowest BCUT2D eigenvalue weighted by molar-refractivity contribution is -0.132. The fourth-order valence-electron chi connectivity index (χ4n) is 2.26. The van der Waals surface area contributed by atoms with Crippen LogP contribution in [0, 0.1) is 0 Å². The topological polar surface area (TPSA) is 59.0 Å². The van der Waals surface area contributed by atoms with E-state index >= 15 is 0 Å².